The van der Waals surface area contributed by atoms with E-state index in [1.165, 1.54) is 11.6 Å². The normalized spacial score (nSPS) is 25.1. The molecular formula is C29H33F4N5O. The number of carbonyl (C=O) groups excluding carboxylic acids is 1. The van der Waals surface area contributed by atoms with E-state index < -0.39 is 23.6 Å². The minimum absolute atomic E-state index is 0.0272. The lowest BCUT2D eigenvalue weighted by Crippen LogP contribution is -2.47. The van der Waals surface area contributed by atoms with Crippen molar-refractivity contribution in [1.82, 2.24) is 14.7 Å². The van der Waals surface area contributed by atoms with Gasteiger partial charge in [0.1, 0.15) is 5.82 Å². The Hall–Kier alpha value is -3.16. The van der Waals surface area contributed by atoms with Gasteiger partial charge in [0.2, 0.25) is 0 Å². The Balaban J connectivity index is 1.31. The molecular weight excluding hydrogens is 510 g/mol. The van der Waals surface area contributed by atoms with Gasteiger partial charge in [0.05, 0.1) is 12.1 Å². The van der Waals surface area contributed by atoms with Crippen LogP contribution in [0.4, 0.5) is 33.7 Å². The predicted molar refractivity (Wildman–Crippen MR) is 141 cm³/mol. The van der Waals surface area contributed by atoms with Crippen LogP contribution in [0.1, 0.15) is 36.8 Å². The number of rotatable bonds is 7. The lowest BCUT2D eigenvalue weighted by atomic mass is 9.93. The molecule has 3 atom stereocenters. The fourth-order valence-electron chi connectivity index (χ4n) is 6.42. The number of likely N-dealkylation sites (N-methyl/N-ethyl adjacent to an activating group) is 1. The van der Waals surface area contributed by atoms with Gasteiger partial charge in [0.25, 0.3) is 0 Å². The largest absolute Gasteiger partial charge is 0.419 e. The maximum atomic E-state index is 13.8. The first kappa shape index (κ1) is 27.4. The monoisotopic (exact) mass is 543 g/mol. The topological polar surface area (TPSA) is 43.2 Å². The van der Waals surface area contributed by atoms with Crippen LogP contribution in [-0.4, -0.2) is 73.1 Å². The number of carbonyl (C=O) groups is 1. The van der Waals surface area contributed by atoms with Crippen LogP contribution >= 0.6 is 0 Å². The Morgan fingerprint density at radius 2 is 1.87 bits per heavy atom. The van der Waals surface area contributed by atoms with Crippen molar-refractivity contribution in [2.24, 2.45) is 5.92 Å². The molecule has 1 heterocycles. The van der Waals surface area contributed by atoms with Crippen LogP contribution < -0.4 is 5.32 Å². The number of urea groups is 1. The molecule has 0 spiro atoms. The predicted octanol–water partition coefficient (Wildman–Crippen LogP) is 5.99. The molecule has 2 saturated carbocycles. The molecule has 2 aliphatic carbocycles. The van der Waals surface area contributed by atoms with Crippen LogP contribution in [0.5, 0.6) is 0 Å². The summed E-state index contributed by atoms with van der Waals surface area (Å²) in [4.78, 5) is 23.5. The highest BCUT2D eigenvalue weighted by Gasteiger charge is 2.63. The van der Waals surface area contributed by atoms with E-state index in [0.29, 0.717) is 18.3 Å². The maximum absolute atomic E-state index is 13.8. The zero-order valence-electron chi connectivity index (χ0n) is 22.0. The van der Waals surface area contributed by atoms with Crippen molar-refractivity contribution in [3.8, 4) is 0 Å². The molecule has 3 aliphatic rings. The standard InChI is InChI=1S/C29H33F4N5O/c1-34-21-6-4-20(5-7-21)28-11-10-26(24(28)19-28)38(13-3-12-37-16-14-36(2)15-17-37)27(39)35-22-8-9-25(30)23(18-22)29(31,32)33/h4-9,18,24,26H,3,10-17,19H2,2H3,(H,35,39)/t24-,26-,28-/m1/s1. The molecule has 2 aromatic carbocycles. The number of nitrogens with zero attached hydrogens (tertiary/aromatic N) is 4. The second-order valence-electron chi connectivity index (χ2n) is 11.0. The number of piperazine rings is 1. The van der Waals surface area contributed by atoms with E-state index in [2.05, 4.69) is 27.0 Å². The summed E-state index contributed by atoms with van der Waals surface area (Å²) in [5.74, 6) is -1.11. The quantitative estimate of drug-likeness (QED) is 0.345. The van der Waals surface area contributed by atoms with Crippen molar-refractivity contribution in [2.75, 3.05) is 51.6 Å². The molecule has 6 nitrogen and oxygen atoms in total. The van der Waals surface area contributed by atoms with Crippen LogP contribution in [0.25, 0.3) is 4.85 Å². The SMILES string of the molecule is [C-]#[N+]c1ccc([C@]23CC[C@@H](N(CCCN4CCN(C)CC4)C(=O)Nc4ccc(F)c(C(F)(F)F)c4)[C@H]2C3)cc1. The third-order valence-corrected chi connectivity index (χ3v) is 8.71. The first-order chi connectivity index (χ1) is 18.6. The molecule has 0 bridgehead atoms. The second kappa shape index (κ2) is 10.8. The van der Waals surface area contributed by atoms with Gasteiger partial charge in [0, 0.05) is 49.9 Å². The van der Waals surface area contributed by atoms with Crippen LogP contribution in [0.2, 0.25) is 0 Å². The summed E-state index contributed by atoms with van der Waals surface area (Å²) >= 11 is 0. The zero-order valence-corrected chi connectivity index (χ0v) is 22.0. The third kappa shape index (κ3) is 5.75. The van der Waals surface area contributed by atoms with Gasteiger partial charge in [-0.05, 0) is 69.0 Å². The van der Waals surface area contributed by atoms with Crippen LogP contribution in [0.3, 0.4) is 0 Å². The highest BCUT2D eigenvalue weighted by molar-refractivity contribution is 5.89. The summed E-state index contributed by atoms with van der Waals surface area (Å²) in [6, 6.07) is 9.73. The van der Waals surface area contributed by atoms with Gasteiger partial charge >= 0.3 is 12.2 Å². The van der Waals surface area contributed by atoms with Crippen molar-refractivity contribution in [3.63, 3.8) is 0 Å². The van der Waals surface area contributed by atoms with Crippen LogP contribution in [0.15, 0.2) is 42.5 Å². The average Bonchev–Trinajstić information content (AvgIpc) is 3.54. The van der Waals surface area contributed by atoms with E-state index in [1.807, 2.05) is 24.3 Å². The van der Waals surface area contributed by atoms with Gasteiger partial charge in [-0.15, -0.1) is 0 Å². The molecule has 1 N–H and O–H groups in total. The van der Waals surface area contributed by atoms with Gasteiger partial charge in [-0.1, -0.05) is 24.3 Å². The van der Waals surface area contributed by atoms with E-state index in [-0.39, 0.29) is 23.1 Å². The van der Waals surface area contributed by atoms with Crippen molar-refractivity contribution in [1.29, 1.82) is 0 Å². The Kier molecular flexibility index (Phi) is 7.57. The molecule has 2 amide bonds. The summed E-state index contributed by atoms with van der Waals surface area (Å²) in [6.45, 7) is 12.5. The van der Waals surface area contributed by atoms with Crippen molar-refractivity contribution in [3.05, 3.63) is 70.8 Å². The highest BCUT2D eigenvalue weighted by atomic mass is 19.4. The Morgan fingerprint density at radius 1 is 1.15 bits per heavy atom. The molecule has 208 valence electrons. The summed E-state index contributed by atoms with van der Waals surface area (Å²) < 4.78 is 53.6. The van der Waals surface area contributed by atoms with E-state index in [4.69, 9.17) is 6.57 Å². The molecule has 1 aliphatic heterocycles. The van der Waals surface area contributed by atoms with Crippen molar-refractivity contribution >= 4 is 17.4 Å². The number of halogens is 4. The molecule has 10 heteroatoms. The van der Waals surface area contributed by atoms with E-state index >= 15 is 0 Å². The minimum Gasteiger partial charge on any atom is -0.321 e. The molecule has 39 heavy (non-hydrogen) atoms. The first-order valence-electron chi connectivity index (χ1n) is 13.4. The lowest BCUT2D eigenvalue weighted by molar-refractivity contribution is -0.139. The number of hydrogen-bond donors (Lipinski definition) is 1. The fraction of sp³-hybridized carbons (Fsp3) is 0.517. The number of anilines is 1. The Bertz CT molecular complexity index is 1240. The van der Waals surface area contributed by atoms with E-state index in [0.717, 1.165) is 64.5 Å². The Morgan fingerprint density at radius 3 is 2.51 bits per heavy atom. The zero-order chi connectivity index (χ0) is 27.8. The van der Waals surface area contributed by atoms with Crippen LogP contribution in [-0.2, 0) is 11.6 Å². The van der Waals surface area contributed by atoms with Crippen LogP contribution in [0, 0.1) is 18.3 Å². The molecule has 0 unspecified atom stereocenters. The summed E-state index contributed by atoms with van der Waals surface area (Å²) in [7, 11) is 2.10. The number of benzene rings is 2. The summed E-state index contributed by atoms with van der Waals surface area (Å²) in [5.41, 5.74) is 0.262. The molecule has 2 aromatic rings. The number of hydrogen-bond acceptors (Lipinski definition) is 3. The van der Waals surface area contributed by atoms with Gasteiger partial charge in [-0.25, -0.2) is 14.0 Å². The molecule has 1 saturated heterocycles. The van der Waals surface area contributed by atoms with Gasteiger partial charge < -0.3 is 20.0 Å². The van der Waals surface area contributed by atoms with Gasteiger partial charge in [-0.3, -0.25) is 0 Å². The van der Waals surface area contributed by atoms with Crippen molar-refractivity contribution in [2.45, 2.75) is 43.3 Å². The van der Waals surface area contributed by atoms with Gasteiger partial charge in [0.15, 0.2) is 5.69 Å². The maximum Gasteiger partial charge on any atom is 0.419 e. The molecule has 0 radical (unpaired) electrons. The summed E-state index contributed by atoms with van der Waals surface area (Å²) in [5, 5.41) is 2.63. The number of fused-ring (bicyclic) bond motifs is 1. The highest BCUT2D eigenvalue weighted by Crippen LogP contribution is 2.65. The Labute approximate surface area is 226 Å². The summed E-state index contributed by atoms with van der Waals surface area (Å²) in [6.07, 6.45) is -1.45. The smallest absolute Gasteiger partial charge is 0.321 e. The average molecular weight is 544 g/mol. The number of amides is 2. The molecule has 5 rings (SSSR count). The third-order valence-electron chi connectivity index (χ3n) is 8.71. The first-order valence-corrected chi connectivity index (χ1v) is 13.4. The number of alkyl halides is 3. The minimum atomic E-state index is -4.85. The lowest BCUT2D eigenvalue weighted by Gasteiger charge is -2.34. The van der Waals surface area contributed by atoms with Gasteiger partial charge in [-0.2, -0.15) is 13.2 Å². The fourth-order valence-corrected chi connectivity index (χ4v) is 6.42. The number of nitrogens with one attached hydrogen (secondary N) is 1. The van der Waals surface area contributed by atoms with Crippen molar-refractivity contribution < 1.29 is 22.4 Å². The molecule has 3 fully saturated rings. The molecule has 0 aromatic heterocycles. The second-order valence-corrected chi connectivity index (χ2v) is 11.0. The van der Waals surface area contributed by atoms with E-state index in [1.54, 1.807) is 4.90 Å². The van der Waals surface area contributed by atoms with E-state index in [9.17, 15) is 22.4 Å².